The van der Waals surface area contributed by atoms with Crippen molar-refractivity contribution in [1.82, 2.24) is 10.2 Å². The Kier molecular flexibility index (Phi) is 7.37. The van der Waals surface area contributed by atoms with Crippen LogP contribution in [0.15, 0.2) is 58.9 Å². The van der Waals surface area contributed by atoms with E-state index < -0.39 is 0 Å². The van der Waals surface area contributed by atoms with Crippen LogP contribution in [0.1, 0.15) is 15.7 Å². The van der Waals surface area contributed by atoms with E-state index >= 15 is 0 Å². The zero-order chi connectivity index (χ0) is 19.9. The first kappa shape index (κ1) is 20.6. The van der Waals surface area contributed by atoms with E-state index in [1.54, 1.807) is 11.8 Å². The van der Waals surface area contributed by atoms with Crippen molar-refractivity contribution in [3.63, 3.8) is 0 Å². The predicted molar refractivity (Wildman–Crippen MR) is 124 cm³/mol. The normalized spacial score (nSPS) is 14.1. The molecule has 0 saturated carbocycles. The van der Waals surface area contributed by atoms with Gasteiger partial charge < -0.3 is 4.74 Å². The third-order valence-corrected chi connectivity index (χ3v) is 9.15. The van der Waals surface area contributed by atoms with Crippen LogP contribution < -0.4 is 10.1 Å². The highest BCUT2D eigenvalue weighted by Crippen LogP contribution is 2.45. The number of rotatable bonds is 8. The standard InChI is InChI=1S/C20H19N3O2S4/c24-17(12-25-16-8-6-15(7-9-16)18-26-10-11-27-18)21-19-22-23-20(29-19)28-13-14-4-2-1-3-5-14/h1-9,18H,10-13H2,(H,21,22,24). The zero-order valence-corrected chi connectivity index (χ0v) is 18.7. The number of ether oxygens (including phenoxy) is 1. The van der Waals surface area contributed by atoms with Crippen LogP contribution in [0.3, 0.4) is 0 Å². The summed E-state index contributed by atoms with van der Waals surface area (Å²) in [5.41, 5.74) is 2.52. The average Bonchev–Trinajstić information content (AvgIpc) is 3.44. The molecule has 150 valence electrons. The Balaban J connectivity index is 1.22. The number of carbonyl (C=O) groups is 1. The summed E-state index contributed by atoms with van der Waals surface area (Å²) in [4.78, 5) is 12.1. The lowest BCUT2D eigenvalue weighted by Gasteiger charge is -2.10. The predicted octanol–water partition coefficient (Wildman–Crippen LogP) is 5.33. The molecule has 3 aromatic rings. The summed E-state index contributed by atoms with van der Waals surface area (Å²) >= 11 is 6.91. The molecule has 1 amide bonds. The van der Waals surface area contributed by atoms with Gasteiger partial charge in [0.15, 0.2) is 10.9 Å². The fraction of sp³-hybridized carbons (Fsp3) is 0.250. The monoisotopic (exact) mass is 461 g/mol. The molecule has 1 fully saturated rings. The fourth-order valence-corrected chi connectivity index (χ4v) is 7.20. The maximum Gasteiger partial charge on any atom is 0.264 e. The first-order valence-electron chi connectivity index (χ1n) is 9.02. The molecule has 1 aliphatic heterocycles. The van der Waals surface area contributed by atoms with E-state index in [-0.39, 0.29) is 12.5 Å². The summed E-state index contributed by atoms with van der Waals surface area (Å²) in [5, 5.41) is 11.4. The Morgan fingerprint density at radius 3 is 2.59 bits per heavy atom. The minimum absolute atomic E-state index is 0.0572. The number of thioether (sulfide) groups is 3. The van der Waals surface area contributed by atoms with Crippen molar-refractivity contribution in [3.05, 3.63) is 65.7 Å². The van der Waals surface area contributed by atoms with Gasteiger partial charge in [0, 0.05) is 17.3 Å². The second-order valence-corrected chi connectivity index (χ2v) is 11.1. The van der Waals surface area contributed by atoms with Crippen LogP contribution in [0, 0.1) is 0 Å². The van der Waals surface area contributed by atoms with Crippen molar-refractivity contribution in [3.8, 4) is 5.75 Å². The minimum atomic E-state index is -0.244. The van der Waals surface area contributed by atoms with Gasteiger partial charge in [0.25, 0.3) is 5.91 Å². The highest BCUT2D eigenvalue weighted by atomic mass is 32.2. The van der Waals surface area contributed by atoms with Gasteiger partial charge in [0.1, 0.15) is 5.75 Å². The third-order valence-electron chi connectivity index (χ3n) is 4.00. The molecule has 0 aliphatic carbocycles. The van der Waals surface area contributed by atoms with Crippen LogP contribution in [0.4, 0.5) is 5.13 Å². The average molecular weight is 462 g/mol. The second kappa shape index (κ2) is 10.4. The molecule has 29 heavy (non-hydrogen) atoms. The molecule has 1 saturated heterocycles. The molecule has 2 heterocycles. The highest BCUT2D eigenvalue weighted by Gasteiger charge is 2.18. The summed E-state index contributed by atoms with van der Waals surface area (Å²) in [7, 11) is 0. The molecular weight excluding hydrogens is 443 g/mol. The van der Waals surface area contributed by atoms with Crippen LogP contribution in [-0.4, -0.2) is 34.2 Å². The molecule has 0 bridgehead atoms. The Bertz CT molecular complexity index is 928. The van der Waals surface area contributed by atoms with Gasteiger partial charge in [0.05, 0.1) is 4.58 Å². The van der Waals surface area contributed by atoms with Crippen LogP contribution in [0.25, 0.3) is 0 Å². The zero-order valence-electron chi connectivity index (χ0n) is 15.4. The van der Waals surface area contributed by atoms with E-state index in [1.807, 2.05) is 53.9 Å². The molecule has 0 unspecified atom stereocenters. The number of anilines is 1. The van der Waals surface area contributed by atoms with Gasteiger partial charge in [-0.2, -0.15) is 0 Å². The Morgan fingerprint density at radius 2 is 1.83 bits per heavy atom. The van der Waals surface area contributed by atoms with E-state index in [1.165, 1.54) is 34.0 Å². The summed E-state index contributed by atoms with van der Waals surface area (Å²) in [6.07, 6.45) is 0. The van der Waals surface area contributed by atoms with Gasteiger partial charge in [-0.25, -0.2) is 0 Å². The van der Waals surface area contributed by atoms with E-state index in [4.69, 9.17) is 4.74 Å². The van der Waals surface area contributed by atoms with Crippen LogP contribution >= 0.6 is 46.6 Å². The van der Waals surface area contributed by atoms with Crippen molar-refractivity contribution in [2.45, 2.75) is 14.7 Å². The van der Waals surface area contributed by atoms with Crippen molar-refractivity contribution in [2.75, 3.05) is 23.4 Å². The fourth-order valence-electron chi connectivity index (χ4n) is 2.61. The molecule has 2 aromatic carbocycles. The number of benzene rings is 2. The molecule has 0 spiro atoms. The van der Waals surface area contributed by atoms with Crippen LogP contribution in [0.5, 0.6) is 5.75 Å². The SMILES string of the molecule is O=C(COc1ccc(C2SCCS2)cc1)Nc1nnc(SCc2ccccc2)s1. The molecule has 9 heteroatoms. The Labute approximate surface area is 186 Å². The number of carbonyl (C=O) groups excluding carboxylic acids is 1. The largest absolute Gasteiger partial charge is 0.484 e. The van der Waals surface area contributed by atoms with Gasteiger partial charge in [-0.05, 0) is 23.3 Å². The Hall–Kier alpha value is -1.68. The van der Waals surface area contributed by atoms with Crippen molar-refractivity contribution in [1.29, 1.82) is 0 Å². The molecule has 5 nitrogen and oxygen atoms in total. The molecular formula is C20H19N3O2S4. The van der Waals surface area contributed by atoms with Gasteiger partial charge in [-0.3, -0.25) is 10.1 Å². The molecule has 1 aliphatic rings. The van der Waals surface area contributed by atoms with Gasteiger partial charge in [-0.15, -0.1) is 33.7 Å². The van der Waals surface area contributed by atoms with E-state index in [0.29, 0.717) is 15.5 Å². The lowest BCUT2D eigenvalue weighted by molar-refractivity contribution is -0.118. The van der Waals surface area contributed by atoms with Crippen molar-refractivity contribution in [2.24, 2.45) is 0 Å². The second-order valence-electron chi connectivity index (χ2n) is 6.13. The third kappa shape index (κ3) is 6.15. The lowest BCUT2D eigenvalue weighted by Crippen LogP contribution is -2.20. The van der Waals surface area contributed by atoms with Gasteiger partial charge in [0.2, 0.25) is 5.13 Å². The summed E-state index contributed by atoms with van der Waals surface area (Å²) in [5.74, 6) is 3.66. The van der Waals surface area contributed by atoms with Crippen LogP contribution in [-0.2, 0) is 10.5 Å². The van der Waals surface area contributed by atoms with E-state index in [0.717, 1.165) is 10.1 Å². The molecule has 0 radical (unpaired) electrons. The minimum Gasteiger partial charge on any atom is -0.484 e. The number of hydrogen-bond acceptors (Lipinski definition) is 8. The number of aromatic nitrogens is 2. The first-order chi connectivity index (χ1) is 14.3. The quantitative estimate of drug-likeness (QED) is 0.359. The molecule has 0 atom stereocenters. The maximum absolute atomic E-state index is 12.1. The molecule has 1 N–H and O–H groups in total. The van der Waals surface area contributed by atoms with E-state index in [2.05, 4.69) is 39.8 Å². The maximum atomic E-state index is 12.1. The van der Waals surface area contributed by atoms with Crippen LogP contribution in [0.2, 0.25) is 0 Å². The van der Waals surface area contributed by atoms with Crippen molar-refractivity contribution >= 4 is 57.7 Å². The molecule has 1 aromatic heterocycles. The van der Waals surface area contributed by atoms with Gasteiger partial charge in [-0.1, -0.05) is 65.6 Å². The van der Waals surface area contributed by atoms with E-state index in [9.17, 15) is 4.79 Å². The summed E-state index contributed by atoms with van der Waals surface area (Å²) in [6, 6.07) is 18.2. The summed E-state index contributed by atoms with van der Waals surface area (Å²) < 4.78 is 6.93. The van der Waals surface area contributed by atoms with Gasteiger partial charge >= 0.3 is 0 Å². The summed E-state index contributed by atoms with van der Waals surface area (Å²) in [6.45, 7) is -0.0572. The molecule has 4 rings (SSSR count). The lowest BCUT2D eigenvalue weighted by atomic mass is 10.2. The highest BCUT2D eigenvalue weighted by molar-refractivity contribution is 8.19. The number of amides is 1. The number of nitrogens with one attached hydrogen (secondary N) is 1. The number of nitrogens with zero attached hydrogens (tertiary/aromatic N) is 2. The Morgan fingerprint density at radius 1 is 1.07 bits per heavy atom. The smallest absolute Gasteiger partial charge is 0.264 e. The van der Waals surface area contributed by atoms with Crippen molar-refractivity contribution < 1.29 is 9.53 Å². The topological polar surface area (TPSA) is 64.1 Å². The first-order valence-corrected chi connectivity index (χ1v) is 12.9. The number of hydrogen-bond donors (Lipinski definition) is 1.